The molecule has 1 aliphatic heterocycles. The molecule has 118 valence electrons. The van der Waals surface area contributed by atoms with Gasteiger partial charge in [-0.3, -0.25) is 4.90 Å². The lowest BCUT2D eigenvalue weighted by atomic mass is 9.85. The Hall–Kier alpha value is -2.06. The van der Waals surface area contributed by atoms with Crippen LogP contribution in [0.5, 0.6) is 5.75 Å². The second kappa shape index (κ2) is 5.54. The number of fused-ring (bicyclic) bond motifs is 2. The first-order valence-corrected chi connectivity index (χ1v) is 8.34. The predicted octanol–water partition coefficient (Wildman–Crippen LogP) is 4.39. The predicted molar refractivity (Wildman–Crippen MR) is 94.6 cm³/mol. The van der Waals surface area contributed by atoms with Crippen molar-refractivity contribution in [2.45, 2.75) is 31.3 Å². The van der Waals surface area contributed by atoms with Gasteiger partial charge in [-0.15, -0.1) is 0 Å². The van der Waals surface area contributed by atoms with Gasteiger partial charge in [0, 0.05) is 25.0 Å². The molecule has 0 amide bonds. The molecule has 23 heavy (non-hydrogen) atoms. The van der Waals surface area contributed by atoms with E-state index in [0.717, 1.165) is 18.8 Å². The van der Waals surface area contributed by atoms with Crippen LogP contribution in [0.15, 0.2) is 49.0 Å². The maximum absolute atomic E-state index is 5.25. The first-order chi connectivity index (χ1) is 11.2. The SMILES string of the molecule is C=Cc1ccc2c(c1)C1(CC1)CN(Cc1ccc(OC)cc1)C2. The van der Waals surface area contributed by atoms with Crippen LogP contribution < -0.4 is 4.74 Å². The van der Waals surface area contributed by atoms with Gasteiger partial charge in [0.05, 0.1) is 7.11 Å². The fourth-order valence-corrected chi connectivity index (χ4v) is 3.84. The van der Waals surface area contributed by atoms with Gasteiger partial charge in [-0.1, -0.05) is 43.0 Å². The molecule has 0 bridgehead atoms. The number of benzene rings is 2. The molecule has 4 rings (SSSR count). The summed E-state index contributed by atoms with van der Waals surface area (Å²) in [5.74, 6) is 0.924. The number of nitrogens with zero attached hydrogens (tertiary/aromatic N) is 1. The highest BCUT2D eigenvalue weighted by Crippen LogP contribution is 2.52. The van der Waals surface area contributed by atoms with Crippen LogP contribution in [-0.4, -0.2) is 18.6 Å². The molecular formula is C21H23NO. The lowest BCUT2D eigenvalue weighted by Gasteiger charge is -2.35. The molecule has 0 N–H and O–H groups in total. The van der Waals surface area contributed by atoms with Crippen LogP contribution in [0, 0.1) is 0 Å². The van der Waals surface area contributed by atoms with Crippen molar-refractivity contribution >= 4 is 6.08 Å². The van der Waals surface area contributed by atoms with Crippen molar-refractivity contribution in [1.82, 2.24) is 4.90 Å². The second-order valence-electron chi connectivity index (χ2n) is 6.89. The summed E-state index contributed by atoms with van der Waals surface area (Å²) in [7, 11) is 1.71. The largest absolute Gasteiger partial charge is 0.497 e. The van der Waals surface area contributed by atoms with Crippen molar-refractivity contribution < 1.29 is 4.74 Å². The van der Waals surface area contributed by atoms with E-state index in [1.165, 1.54) is 36.1 Å². The Labute approximate surface area is 138 Å². The van der Waals surface area contributed by atoms with E-state index in [-0.39, 0.29) is 0 Å². The third kappa shape index (κ3) is 2.68. The zero-order valence-corrected chi connectivity index (χ0v) is 13.7. The van der Waals surface area contributed by atoms with E-state index in [1.807, 2.05) is 6.08 Å². The van der Waals surface area contributed by atoms with Gasteiger partial charge in [0.25, 0.3) is 0 Å². The fraction of sp³-hybridized carbons (Fsp3) is 0.333. The zero-order valence-electron chi connectivity index (χ0n) is 13.7. The van der Waals surface area contributed by atoms with Crippen LogP contribution in [0.3, 0.4) is 0 Å². The first-order valence-electron chi connectivity index (χ1n) is 8.34. The molecule has 0 atom stereocenters. The van der Waals surface area contributed by atoms with Crippen molar-refractivity contribution in [3.8, 4) is 5.75 Å². The Bertz CT molecular complexity index is 728. The van der Waals surface area contributed by atoms with Crippen LogP contribution >= 0.6 is 0 Å². The van der Waals surface area contributed by atoms with Crippen molar-refractivity contribution in [3.05, 3.63) is 71.3 Å². The normalized spacial score (nSPS) is 18.5. The average molecular weight is 305 g/mol. The summed E-state index contributed by atoms with van der Waals surface area (Å²) in [4.78, 5) is 2.59. The van der Waals surface area contributed by atoms with Crippen LogP contribution in [0.4, 0.5) is 0 Å². The third-order valence-corrected chi connectivity index (χ3v) is 5.28. The Kier molecular flexibility index (Phi) is 3.50. The van der Waals surface area contributed by atoms with E-state index in [1.54, 1.807) is 12.7 Å². The highest BCUT2D eigenvalue weighted by atomic mass is 16.5. The highest BCUT2D eigenvalue weighted by molar-refractivity contribution is 5.53. The zero-order chi connectivity index (χ0) is 15.9. The Morgan fingerprint density at radius 2 is 1.96 bits per heavy atom. The molecule has 0 saturated heterocycles. The molecule has 2 aromatic rings. The van der Waals surface area contributed by atoms with Gasteiger partial charge in [0.15, 0.2) is 0 Å². The fourth-order valence-electron chi connectivity index (χ4n) is 3.84. The smallest absolute Gasteiger partial charge is 0.118 e. The molecule has 1 aliphatic carbocycles. The number of rotatable bonds is 4. The first kappa shape index (κ1) is 14.5. The number of methoxy groups -OCH3 is 1. The van der Waals surface area contributed by atoms with Crippen molar-refractivity contribution in [1.29, 1.82) is 0 Å². The van der Waals surface area contributed by atoms with E-state index in [2.05, 4.69) is 53.9 Å². The van der Waals surface area contributed by atoms with E-state index >= 15 is 0 Å². The Morgan fingerprint density at radius 1 is 1.17 bits per heavy atom. The average Bonchev–Trinajstić information content (AvgIpc) is 3.35. The topological polar surface area (TPSA) is 12.5 Å². The maximum atomic E-state index is 5.25. The van der Waals surface area contributed by atoms with Crippen LogP contribution in [0.25, 0.3) is 6.08 Å². The quantitative estimate of drug-likeness (QED) is 0.831. The van der Waals surface area contributed by atoms with Gasteiger partial charge in [-0.2, -0.15) is 0 Å². The van der Waals surface area contributed by atoms with E-state index in [4.69, 9.17) is 4.74 Å². The maximum Gasteiger partial charge on any atom is 0.118 e. The molecule has 2 aromatic carbocycles. The van der Waals surface area contributed by atoms with E-state index in [9.17, 15) is 0 Å². The van der Waals surface area contributed by atoms with E-state index < -0.39 is 0 Å². The second-order valence-corrected chi connectivity index (χ2v) is 6.89. The van der Waals surface area contributed by atoms with Gasteiger partial charge in [0.1, 0.15) is 5.75 Å². The summed E-state index contributed by atoms with van der Waals surface area (Å²) in [5, 5.41) is 0. The summed E-state index contributed by atoms with van der Waals surface area (Å²) in [6.45, 7) is 7.14. The minimum Gasteiger partial charge on any atom is -0.497 e. The number of ether oxygens (including phenoxy) is 1. The summed E-state index contributed by atoms with van der Waals surface area (Å²) in [6, 6.07) is 15.3. The lowest BCUT2D eigenvalue weighted by molar-refractivity contribution is 0.213. The van der Waals surface area contributed by atoms with Crippen molar-refractivity contribution in [2.75, 3.05) is 13.7 Å². The van der Waals surface area contributed by atoms with Crippen LogP contribution in [-0.2, 0) is 18.5 Å². The molecule has 2 nitrogen and oxygen atoms in total. The highest BCUT2D eigenvalue weighted by Gasteiger charge is 2.48. The molecule has 0 unspecified atom stereocenters. The summed E-state index contributed by atoms with van der Waals surface area (Å²) in [6.07, 6.45) is 4.60. The van der Waals surface area contributed by atoms with Gasteiger partial charge >= 0.3 is 0 Å². The van der Waals surface area contributed by atoms with Crippen LogP contribution in [0.2, 0.25) is 0 Å². The summed E-state index contributed by atoms with van der Waals surface area (Å²) >= 11 is 0. The van der Waals surface area contributed by atoms with Gasteiger partial charge < -0.3 is 4.74 Å². The number of hydrogen-bond donors (Lipinski definition) is 0. The lowest BCUT2D eigenvalue weighted by Crippen LogP contribution is -2.37. The minimum atomic E-state index is 0.402. The summed E-state index contributed by atoms with van der Waals surface area (Å²) < 4.78 is 5.25. The van der Waals surface area contributed by atoms with Crippen molar-refractivity contribution in [3.63, 3.8) is 0 Å². The van der Waals surface area contributed by atoms with E-state index in [0.29, 0.717) is 5.41 Å². The molecule has 1 fully saturated rings. The number of hydrogen-bond acceptors (Lipinski definition) is 2. The van der Waals surface area contributed by atoms with Gasteiger partial charge in [-0.25, -0.2) is 0 Å². The third-order valence-electron chi connectivity index (χ3n) is 5.28. The van der Waals surface area contributed by atoms with Gasteiger partial charge in [0.2, 0.25) is 0 Å². The standard InChI is InChI=1S/C21H23NO/c1-3-16-4-7-18-14-22(15-21(10-11-21)20(18)12-16)13-17-5-8-19(23-2)9-6-17/h3-9,12H,1,10-11,13-15H2,2H3. The van der Waals surface area contributed by atoms with Crippen molar-refractivity contribution in [2.24, 2.45) is 0 Å². The monoisotopic (exact) mass is 305 g/mol. The van der Waals surface area contributed by atoms with Crippen LogP contribution in [0.1, 0.15) is 35.1 Å². The molecule has 0 radical (unpaired) electrons. The molecule has 1 saturated carbocycles. The summed E-state index contributed by atoms with van der Waals surface area (Å²) in [5.41, 5.74) is 6.07. The molecule has 1 spiro atoms. The molecular weight excluding hydrogens is 282 g/mol. The minimum absolute atomic E-state index is 0.402. The van der Waals surface area contributed by atoms with Gasteiger partial charge in [-0.05, 0) is 47.2 Å². The molecule has 2 heteroatoms. The Morgan fingerprint density at radius 3 is 2.61 bits per heavy atom. The molecule has 1 heterocycles. The molecule has 2 aliphatic rings. The molecule has 0 aromatic heterocycles. The Balaban J connectivity index is 1.57.